The maximum atomic E-state index is 5.80. The minimum atomic E-state index is 0.127. The molecule has 0 aliphatic carbocycles. The molecule has 1 aliphatic rings. The van der Waals surface area contributed by atoms with Crippen molar-refractivity contribution in [1.82, 2.24) is 20.1 Å². The van der Waals surface area contributed by atoms with Gasteiger partial charge in [0.15, 0.2) is 0 Å². The molecular weight excluding hydrogens is 230 g/mol. The van der Waals surface area contributed by atoms with Crippen molar-refractivity contribution < 1.29 is 4.74 Å². The van der Waals surface area contributed by atoms with Crippen molar-refractivity contribution in [2.45, 2.75) is 32.0 Å². The number of morpholine rings is 1. The molecule has 2 heterocycles. The molecule has 1 aromatic rings. The van der Waals surface area contributed by atoms with Crippen molar-refractivity contribution in [2.75, 3.05) is 26.7 Å². The van der Waals surface area contributed by atoms with Crippen LogP contribution in [0.4, 0.5) is 0 Å². The normalized spacial score (nSPS) is 23.2. The van der Waals surface area contributed by atoms with E-state index in [0.29, 0.717) is 0 Å². The van der Waals surface area contributed by atoms with Gasteiger partial charge in [0.05, 0.1) is 24.9 Å². The van der Waals surface area contributed by atoms with E-state index in [1.165, 1.54) is 5.56 Å². The first kappa shape index (κ1) is 13.5. The number of likely N-dealkylation sites (N-methyl/N-ethyl adjacent to an activating group) is 1. The summed E-state index contributed by atoms with van der Waals surface area (Å²) in [5.74, 6) is 5.66. The van der Waals surface area contributed by atoms with Gasteiger partial charge >= 0.3 is 0 Å². The third-order valence-corrected chi connectivity index (χ3v) is 3.43. The molecule has 1 aromatic heterocycles. The van der Waals surface area contributed by atoms with E-state index < -0.39 is 0 Å². The van der Waals surface area contributed by atoms with Crippen LogP contribution in [0.15, 0.2) is 12.4 Å². The Kier molecular flexibility index (Phi) is 4.71. The highest BCUT2D eigenvalue weighted by atomic mass is 16.5. The van der Waals surface area contributed by atoms with E-state index in [9.17, 15) is 0 Å². The number of nitrogens with two attached hydrogens (primary N) is 1. The van der Waals surface area contributed by atoms with Gasteiger partial charge in [-0.05, 0) is 26.0 Å². The van der Waals surface area contributed by atoms with E-state index >= 15 is 0 Å². The Hall–Kier alpha value is -0.950. The molecule has 1 aliphatic heterocycles. The van der Waals surface area contributed by atoms with Crippen molar-refractivity contribution in [3.63, 3.8) is 0 Å². The van der Waals surface area contributed by atoms with E-state index in [2.05, 4.69) is 35.6 Å². The van der Waals surface area contributed by atoms with Gasteiger partial charge in [0.2, 0.25) is 0 Å². The smallest absolute Gasteiger partial charge is 0.0871 e. The van der Waals surface area contributed by atoms with E-state index in [1.807, 2.05) is 10.9 Å². The number of ether oxygens (including phenoxy) is 1. The van der Waals surface area contributed by atoms with Crippen LogP contribution in [0, 0.1) is 0 Å². The second-order valence-electron chi connectivity index (χ2n) is 4.85. The number of hydrogen-bond acceptors (Lipinski definition) is 5. The SMILES string of the molecule is CCn1cc(CC(NN)C2CN(C)CCO2)cn1. The zero-order valence-corrected chi connectivity index (χ0v) is 11.2. The lowest BCUT2D eigenvalue weighted by Crippen LogP contribution is -2.54. The molecule has 0 saturated carbocycles. The number of hydrazine groups is 1. The lowest BCUT2D eigenvalue weighted by molar-refractivity contribution is -0.0384. The zero-order chi connectivity index (χ0) is 13.0. The molecule has 0 bridgehead atoms. The summed E-state index contributed by atoms with van der Waals surface area (Å²) < 4.78 is 7.72. The highest BCUT2D eigenvalue weighted by Gasteiger charge is 2.26. The first-order valence-corrected chi connectivity index (χ1v) is 6.50. The van der Waals surface area contributed by atoms with Crippen LogP contribution in [0.2, 0.25) is 0 Å². The largest absolute Gasteiger partial charge is 0.374 e. The average molecular weight is 253 g/mol. The van der Waals surface area contributed by atoms with Gasteiger partial charge in [0.25, 0.3) is 0 Å². The van der Waals surface area contributed by atoms with Crippen LogP contribution in [0.1, 0.15) is 12.5 Å². The monoisotopic (exact) mass is 253 g/mol. The molecule has 6 heteroatoms. The fourth-order valence-electron chi connectivity index (χ4n) is 2.29. The lowest BCUT2D eigenvalue weighted by Gasteiger charge is -2.34. The van der Waals surface area contributed by atoms with Crippen molar-refractivity contribution in [3.8, 4) is 0 Å². The van der Waals surface area contributed by atoms with Crippen molar-refractivity contribution in [3.05, 3.63) is 18.0 Å². The first-order chi connectivity index (χ1) is 8.72. The van der Waals surface area contributed by atoms with Crippen LogP contribution >= 0.6 is 0 Å². The lowest BCUT2D eigenvalue weighted by atomic mass is 10.0. The summed E-state index contributed by atoms with van der Waals surface area (Å²) >= 11 is 0. The van der Waals surface area contributed by atoms with Gasteiger partial charge in [-0.25, -0.2) is 0 Å². The number of nitrogens with zero attached hydrogens (tertiary/aromatic N) is 3. The molecule has 0 amide bonds. The highest BCUT2D eigenvalue weighted by Crippen LogP contribution is 2.12. The summed E-state index contributed by atoms with van der Waals surface area (Å²) in [6.07, 6.45) is 4.95. The molecular formula is C12H23N5O. The molecule has 2 atom stereocenters. The van der Waals surface area contributed by atoms with Gasteiger partial charge < -0.3 is 9.64 Å². The molecule has 6 nitrogen and oxygen atoms in total. The van der Waals surface area contributed by atoms with Gasteiger partial charge in [-0.2, -0.15) is 5.10 Å². The van der Waals surface area contributed by atoms with Gasteiger partial charge in [-0.3, -0.25) is 16.0 Å². The van der Waals surface area contributed by atoms with Crippen molar-refractivity contribution in [2.24, 2.45) is 5.84 Å². The summed E-state index contributed by atoms with van der Waals surface area (Å²) in [6, 6.07) is 0.127. The van der Waals surface area contributed by atoms with E-state index in [4.69, 9.17) is 10.6 Å². The van der Waals surface area contributed by atoms with Crippen LogP contribution in [0.5, 0.6) is 0 Å². The quantitative estimate of drug-likeness (QED) is 0.552. The zero-order valence-electron chi connectivity index (χ0n) is 11.2. The summed E-state index contributed by atoms with van der Waals surface area (Å²) in [5.41, 5.74) is 4.07. The van der Waals surface area contributed by atoms with Gasteiger partial charge in [-0.1, -0.05) is 0 Å². The number of nitrogens with one attached hydrogen (secondary N) is 1. The Bertz CT molecular complexity index is 367. The van der Waals surface area contributed by atoms with Crippen molar-refractivity contribution in [1.29, 1.82) is 0 Å². The molecule has 0 radical (unpaired) electrons. The first-order valence-electron chi connectivity index (χ1n) is 6.50. The molecule has 18 heavy (non-hydrogen) atoms. The van der Waals surface area contributed by atoms with Crippen LogP contribution in [-0.4, -0.2) is 53.6 Å². The Morgan fingerprint density at radius 2 is 2.50 bits per heavy atom. The number of rotatable bonds is 5. The minimum absolute atomic E-state index is 0.127. The molecule has 0 aromatic carbocycles. The Balaban J connectivity index is 1.95. The maximum Gasteiger partial charge on any atom is 0.0871 e. The Labute approximate surface area is 108 Å². The Morgan fingerprint density at radius 1 is 1.67 bits per heavy atom. The summed E-state index contributed by atoms with van der Waals surface area (Å²) in [6.45, 7) is 5.64. The number of aromatic nitrogens is 2. The molecule has 2 rings (SSSR count). The van der Waals surface area contributed by atoms with E-state index in [1.54, 1.807) is 0 Å². The predicted octanol–water partition coefficient (Wildman–Crippen LogP) is -0.392. The van der Waals surface area contributed by atoms with Crippen LogP contribution in [-0.2, 0) is 17.7 Å². The predicted molar refractivity (Wildman–Crippen MR) is 70.0 cm³/mol. The fourth-order valence-corrected chi connectivity index (χ4v) is 2.29. The average Bonchev–Trinajstić information content (AvgIpc) is 2.83. The summed E-state index contributed by atoms with van der Waals surface area (Å²) in [5, 5.41) is 4.28. The second kappa shape index (κ2) is 6.29. The number of hydrogen-bond donors (Lipinski definition) is 2. The van der Waals surface area contributed by atoms with Crippen LogP contribution in [0.25, 0.3) is 0 Å². The van der Waals surface area contributed by atoms with Crippen LogP contribution in [0.3, 0.4) is 0 Å². The van der Waals surface area contributed by atoms with Crippen LogP contribution < -0.4 is 11.3 Å². The standard InChI is InChI=1S/C12H23N5O/c1-3-17-8-10(7-14-17)6-11(15-13)12-9-16(2)4-5-18-12/h7-8,11-12,15H,3-6,9,13H2,1-2H3. The highest BCUT2D eigenvalue weighted by molar-refractivity contribution is 5.07. The molecule has 1 saturated heterocycles. The maximum absolute atomic E-state index is 5.80. The molecule has 1 fully saturated rings. The van der Waals surface area contributed by atoms with Crippen molar-refractivity contribution >= 4 is 0 Å². The Morgan fingerprint density at radius 3 is 3.11 bits per heavy atom. The topological polar surface area (TPSA) is 68.3 Å². The molecule has 0 spiro atoms. The minimum Gasteiger partial charge on any atom is -0.374 e. The van der Waals surface area contributed by atoms with Gasteiger partial charge in [0, 0.05) is 25.8 Å². The summed E-state index contributed by atoms with van der Waals surface area (Å²) in [7, 11) is 2.11. The van der Waals surface area contributed by atoms with Gasteiger partial charge in [0.1, 0.15) is 0 Å². The molecule has 102 valence electrons. The van der Waals surface area contributed by atoms with E-state index in [0.717, 1.165) is 32.7 Å². The molecule has 2 unspecified atom stereocenters. The van der Waals surface area contributed by atoms with E-state index in [-0.39, 0.29) is 12.1 Å². The third-order valence-electron chi connectivity index (χ3n) is 3.43. The number of aryl methyl sites for hydroxylation is 1. The summed E-state index contributed by atoms with van der Waals surface area (Å²) in [4.78, 5) is 2.27. The van der Waals surface area contributed by atoms with Gasteiger partial charge in [-0.15, -0.1) is 0 Å². The third kappa shape index (κ3) is 3.29. The second-order valence-corrected chi connectivity index (χ2v) is 4.85. The fraction of sp³-hybridized carbons (Fsp3) is 0.750. The molecule has 3 N–H and O–H groups in total.